The summed E-state index contributed by atoms with van der Waals surface area (Å²) in [4.78, 5) is 16.0. The fraction of sp³-hybridized carbons (Fsp3) is 0.500. The summed E-state index contributed by atoms with van der Waals surface area (Å²) < 4.78 is 43.8. The minimum atomic E-state index is -4.46. The second-order valence-corrected chi connectivity index (χ2v) is 6.58. The SMILES string of the molecule is CC(C)(C)OC(Cc1ccc(C(F)(F)F)cc1)(C(=O)O)C1=NCN=N1. The van der Waals surface area contributed by atoms with Gasteiger partial charge in [-0.2, -0.15) is 18.3 Å². The molecule has 1 aliphatic rings. The van der Waals surface area contributed by atoms with Gasteiger partial charge < -0.3 is 9.84 Å². The molecule has 1 N–H and O–H groups in total. The topological polar surface area (TPSA) is 83.6 Å². The largest absolute Gasteiger partial charge is 0.479 e. The van der Waals surface area contributed by atoms with Gasteiger partial charge in [0, 0.05) is 6.42 Å². The number of nitrogens with zero attached hydrogens (tertiary/aromatic N) is 3. The summed E-state index contributed by atoms with van der Waals surface area (Å²) in [5.74, 6) is -1.43. The Morgan fingerprint density at radius 2 is 1.80 bits per heavy atom. The van der Waals surface area contributed by atoms with Crippen molar-refractivity contribution in [2.24, 2.45) is 15.2 Å². The number of carbonyl (C=O) groups is 1. The van der Waals surface area contributed by atoms with Crippen LogP contribution in [0.2, 0.25) is 0 Å². The molecule has 2 rings (SSSR count). The van der Waals surface area contributed by atoms with Gasteiger partial charge in [-0.1, -0.05) is 12.1 Å². The van der Waals surface area contributed by atoms with Gasteiger partial charge in [0.2, 0.25) is 5.60 Å². The first-order chi connectivity index (χ1) is 11.4. The van der Waals surface area contributed by atoms with Gasteiger partial charge in [0.05, 0.1) is 11.2 Å². The van der Waals surface area contributed by atoms with E-state index in [1.54, 1.807) is 20.8 Å². The lowest BCUT2D eigenvalue weighted by Gasteiger charge is -2.34. The lowest BCUT2D eigenvalue weighted by molar-refractivity contribution is -0.170. The normalized spacial score (nSPS) is 17.3. The summed E-state index contributed by atoms with van der Waals surface area (Å²) in [5.41, 5.74) is -3.25. The second kappa shape index (κ2) is 6.55. The molecule has 136 valence electrons. The summed E-state index contributed by atoms with van der Waals surface area (Å²) in [5, 5.41) is 17.2. The zero-order valence-corrected chi connectivity index (χ0v) is 14.0. The Morgan fingerprint density at radius 3 is 2.20 bits per heavy atom. The molecule has 0 bridgehead atoms. The quantitative estimate of drug-likeness (QED) is 0.872. The molecule has 0 radical (unpaired) electrons. The number of benzene rings is 1. The molecule has 1 aromatic carbocycles. The van der Waals surface area contributed by atoms with Gasteiger partial charge in [-0.05, 0) is 38.5 Å². The van der Waals surface area contributed by atoms with E-state index in [2.05, 4.69) is 15.2 Å². The number of carboxylic acid groups (broad SMARTS) is 1. The molecule has 0 aliphatic carbocycles. The van der Waals surface area contributed by atoms with Crippen molar-refractivity contribution in [1.29, 1.82) is 0 Å². The first-order valence-electron chi connectivity index (χ1n) is 7.46. The van der Waals surface area contributed by atoms with Crippen LogP contribution in [0.25, 0.3) is 0 Å². The zero-order valence-electron chi connectivity index (χ0n) is 14.0. The lowest BCUT2D eigenvalue weighted by atomic mass is 9.91. The Labute approximate surface area is 142 Å². The maximum atomic E-state index is 12.7. The van der Waals surface area contributed by atoms with Crippen LogP contribution in [0.15, 0.2) is 39.5 Å². The van der Waals surface area contributed by atoms with E-state index in [0.29, 0.717) is 5.56 Å². The summed E-state index contributed by atoms with van der Waals surface area (Å²) in [6, 6.07) is 4.24. The van der Waals surface area contributed by atoms with Gasteiger partial charge in [0.1, 0.15) is 0 Å². The summed E-state index contributed by atoms with van der Waals surface area (Å²) in [6.45, 7) is 5.00. The molecule has 0 saturated carbocycles. The van der Waals surface area contributed by atoms with Crippen LogP contribution >= 0.6 is 0 Å². The summed E-state index contributed by atoms with van der Waals surface area (Å²) >= 11 is 0. The number of hydrogen-bond acceptors (Lipinski definition) is 5. The molecule has 0 fully saturated rings. The fourth-order valence-electron chi connectivity index (χ4n) is 2.43. The number of aliphatic imine (C=N–C) groups is 1. The van der Waals surface area contributed by atoms with E-state index >= 15 is 0 Å². The van der Waals surface area contributed by atoms with Crippen molar-refractivity contribution >= 4 is 11.8 Å². The maximum Gasteiger partial charge on any atom is 0.416 e. The van der Waals surface area contributed by atoms with Gasteiger partial charge >= 0.3 is 12.1 Å². The van der Waals surface area contributed by atoms with Gasteiger partial charge in [-0.3, -0.25) is 0 Å². The first kappa shape index (κ1) is 19.0. The Balaban J connectivity index is 2.42. The number of ether oxygens (including phenoxy) is 1. The van der Waals surface area contributed by atoms with Crippen molar-refractivity contribution in [3.05, 3.63) is 35.4 Å². The Kier molecular flexibility index (Phi) is 4.99. The van der Waals surface area contributed by atoms with Crippen LogP contribution in [0.3, 0.4) is 0 Å². The average molecular weight is 357 g/mol. The standard InChI is InChI=1S/C16H18F3N3O3/c1-14(2,3)25-15(13(23)24,12-20-9-21-22-12)8-10-4-6-11(7-5-10)16(17,18)19/h4-7H,8-9H2,1-3H3,(H,23,24). The minimum Gasteiger partial charge on any atom is -0.479 e. The number of halogens is 3. The highest BCUT2D eigenvalue weighted by atomic mass is 19.4. The van der Waals surface area contributed by atoms with Gasteiger partial charge in [-0.25, -0.2) is 9.79 Å². The molecule has 6 nitrogen and oxygen atoms in total. The number of aliphatic carboxylic acids is 1. The Morgan fingerprint density at radius 1 is 1.20 bits per heavy atom. The van der Waals surface area contributed by atoms with Crippen molar-refractivity contribution in [2.75, 3.05) is 6.67 Å². The van der Waals surface area contributed by atoms with E-state index in [1.807, 2.05) is 0 Å². The number of rotatable bonds is 5. The monoisotopic (exact) mass is 357 g/mol. The second-order valence-electron chi connectivity index (χ2n) is 6.58. The molecule has 1 unspecified atom stereocenters. The third-order valence-electron chi connectivity index (χ3n) is 3.37. The highest BCUT2D eigenvalue weighted by molar-refractivity contribution is 6.09. The van der Waals surface area contributed by atoms with E-state index in [1.165, 1.54) is 12.1 Å². The van der Waals surface area contributed by atoms with Crippen molar-refractivity contribution in [1.82, 2.24) is 0 Å². The smallest absolute Gasteiger partial charge is 0.416 e. The Hall–Kier alpha value is -2.29. The molecule has 1 heterocycles. The van der Waals surface area contributed by atoms with Crippen molar-refractivity contribution in [3.8, 4) is 0 Å². The van der Waals surface area contributed by atoms with Crippen molar-refractivity contribution < 1.29 is 27.8 Å². The van der Waals surface area contributed by atoms with Crippen LogP contribution in [0.5, 0.6) is 0 Å². The van der Waals surface area contributed by atoms with Crippen LogP contribution < -0.4 is 0 Å². The van der Waals surface area contributed by atoms with Crippen LogP contribution in [0.1, 0.15) is 31.9 Å². The minimum absolute atomic E-state index is 0.00905. The molecule has 25 heavy (non-hydrogen) atoms. The van der Waals surface area contributed by atoms with E-state index in [-0.39, 0.29) is 18.9 Å². The zero-order chi connectivity index (χ0) is 18.9. The average Bonchev–Trinajstić information content (AvgIpc) is 2.99. The summed E-state index contributed by atoms with van der Waals surface area (Å²) in [6.07, 6.45) is -4.69. The van der Waals surface area contributed by atoms with Crippen LogP contribution in [0.4, 0.5) is 13.2 Å². The van der Waals surface area contributed by atoms with E-state index in [4.69, 9.17) is 4.74 Å². The molecule has 0 aromatic heterocycles. The highest BCUT2D eigenvalue weighted by Crippen LogP contribution is 2.32. The third-order valence-corrected chi connectivity index (χ3v) is 3.37. The lowest BCUT2D eigenvalue weighted by Crippen LogP contribution is -2.53. The predicted octanol–water partition coefficient (Wildman–Crippen LogP) is 3.71. The van der Waals surface area contributed by atoms with Crippen LogP contribution in [0, 0.1) is 0 Å². The molecule has 9 heteroatoms. The van der Waals surface area contributed by atoms with Crippen molar-refractivity contribution in [2.45, 2.75) is 44.6 Å². The number of carboxylic acids is 1. The van der Waals surface area contributed by atoms with Crippen molar-refractivity contribution in [3.63, 3.8) is 0 Å². The van der Waals surface area contributed by atoms with Crippen LogP contribution in [-0.2, 0) is 22.1 Å². The molecular weight excluding hydrogens is 339 g/mol. The molecule has 1 aromatic rings. The molecule has 0 saturated heterocycles. The highest BCUT2D eigenvalue weighted by Gasteiger charge is 2.49. The molecule has 1 atom stereocenters. The summed E-state index contributed by atoms with van der Waals surface area (Å²) in [7, 11) is 0. The van der Waals surface area contributed by atoms with Gasteiger partial charge in [0.15, 0.2) is 12.5 Å². The van der Waals surface area contributed by atoms with Crippen LogP contribution in [-0.4, -0.2) is 34.8 Å². The third kappa shape index (κ3) is 4.41. The number of amidine groups is 1. The molecular formula is C16H18F3N3O3. The number of alkyl halides is 3. The number of azo groups is 1. The van der Waals surface area contributed by atoms with E-state index in [9.17, 15) is 23.1 Å². The van der Waals surface area contributed by atoms with Gasteiger partial charge in [0.25, 0.3) is 0 Å². The van der Waals surface area contributed by atoms with E-state index in [0.717, 1.165) is 12.1 Å². The predicted molar refractivity (Wildman–Crippen MR) is 83.5 cm³/mol. The number of hydrogen-bond donors (Lipinski definition) is 1. The molecule has 0 amide bonds. The van der Waals surface area contributed by atoms with Gasteiger partial charge in [-0.15, -0.1) is 5.11 Å². The van der Waals surface area contributed by atoms with E-state index < -0.39 is 28.9 Å². The molecule has 1 aliphatic heterocycles. The Bertz CT molecular complexity index is 706. The first-order valence-corrected chi connectivity index (χ1v) is 7.46. The molecule has 0 spiro atoms. The maximum absolute atomic E-state index is 12.7. The fourth-order valence-corrected chi connectivity index (χ4v) is 2.43.